The summed E-state index contributed by atoms with van der Waals surface area (Å²) in [5, 5.41) is -3.00. The second-order valence-corrected chi connectivity index (χ2v) is 8.31. The highest BCUT2D eigenvalue weighted by Crippen LogP contribution is 2.59. The van der Waals surface area contributed by atoms with E-state index in [0.29, 0.717) is 0 Å². The molecule has 8 heteroatoms. The Labute approximate surface area is 93.0 Å². The summed E-state index contributed by atoms with van der Waals surface area (Å²) in [5.41, 5.74) is 0. The smallest absolute Gasteiger partial charge is 0.324 e. The van der Waals surface area contributed by atoms with Gasteiger partial charge in [0, 0.05) is 0 Å². The third-order valence-corrected chi connectivity index (χ3v) is 5.88. The number of allylic oxidation sites excluding steroid dienone is 4. The summed E-state index contributed by atoms with van der Waals surface area (Å²) in [6, 6.07) is 0. The fourth-order valence-electron chi connectivity index (χ4n) is 1.17. The van der Waals surface area contributed by atoms with Crippen molar-refractivity contribution < 1.29 is 28.7 Å². The highest BCUT2D eigenvalue weighted by Gasteiger charge is 2.46. The van der Waals surface area contributed by atoms with Crippen LogP contribution in [0.3, 0.4) is 0 Å². The van der Waals surface area contributed by atoms with E-state index < -0.39 is 25.5 Å². The molecule has 1 aliphatic carbocycles. The number of hydrogen-bond donors (Lipinski definition) is 4. The molecule has 0 fully saturated rings. The van der Waals surface area contributed by atoms with Gasteiger partial charge in [-0.05, 0) is 13.8 Å². The zero-order valence-electron chi connectivity index (χ0n) is 8.81. The van der Waals surface area contributed by atoms with Gasteiger partial charge in [-0.2, -0.15) is 0 Å². The Hall–Kier alpha value is -0.220. The molecule has 0 aromatic carbocycles. The van der Waals surface area contributed by atoms with Crippen molar-refractivity contribution in [2.75, 3.05) is 0 Å². The highest BCUT2D eigenvalue weighted by molar-refractivity contribution is 7.54. The van der Waals surface area contributed by atoms with Crippen LogP contribution in [0, 0.1) is 0 Å². The SMILES string of the molecule is CC1(P(=O)(O)O)C=CC(C)(P(=O)(O)O)C=C1. The highest BCUT2D eigenvalue weighted by atomic mass is 31.2. The van der Waals surface area contributed by atoms with Crippen LogP contribution in [0.2, 0.25) is 0 Å². The van der Waals surface area contributed by atoms with Crippen molar-refractivity contribution in [3.63, 3.8) is 0 Å². The molecule has 6 nitrogen and oxygen atoms in total. The Morgan fingerprint density at radius 1 is 0.750 bits per heavy atom. The van der Waals surface area contributed by atoms with Crippen molar-refractivity contribution in [1.82, 2.24) is 0 Å². The monoisotopic (exact) mass is 268 g/mol. The summed E-state index contributed by atoms with van der Waals surface area (Å²) in [6.45, 7) is 2.61. The Bertz CT molecular complexity index is 385. The first-order valence-corrected chi connectivity index (χ1v) is 7.66. The van der Waals surface area contributed by atoms with Gasteiger partial charge in [0.2, 0.25) is 0 Å². The average Bonchev–Trinajstić information content (AvgIpc) is 2.07. The van der Waals surface area contributed by atoms with Gasteiger partial charge >= 0.3 is 15.2 Å². The van der Waals surface area contributed by atoms with E-state index in [9.17, 15) is 9.13 Å². The lowest BCUT2D eigenvalue weighted by molar-refractivity contribution is 0.347. The largest absolute Gasteiger partial charge is 0.338 e. The first-order chi connectivity index (χ1) is 6.91. The minimum absolute atomic E-state index is 1.15. The summed E-state index contributed by atoms with van der Waals surface area (Å²) >= 11 is 0. The Morgan fingerprint density at radius 3 is 1.06 bits per heavy atom. The number of hydrogen-bond acceptors (Lipinski definition) is 2. The van der Waals surface area contributed by atoms with E-state index in [0.717, 1.165) is 24.3 Å². The molecule has 0 unspecified atom stereocenters. The standard InChI is InChI=1S/C8H14O6P2/c1-7(15(9,10)11)3-5-8(2,6-4-7)16(12,13)14/h3-6H,1-2H3,(H2,9,10,11)(H2,12,13,14). The van der Waals surface area contributed by atoms with Gasteiger partial charge < -0.3 is 19.6 Å². The maximum absolute atomic E-state index is 11.2. The van der Waals surface area contributed by atoms with E-state index in [1.54, 1.807) is 0 Å². The summed E-state index contributed by atoms with van der Waals surface area (Å²) in [7, 11) is -8.78. The molecule has 0 aliphatic heterocycles. The molecular formula is C8H14O6P2. The lowest BCUT2D eigenvalue weighted by atomic mass is 9.97. The van der Waals surface area contributed by atoms with Gasteiger partial charge in [0.15, 0.2) is 0 Å². The van der Waals surface area contributed by atoms with E-state index in [1.807, 2.05) is 0 Å². The molecule has 0 aromatic heterocycles. The van der Waals surface area contributed by atoms with Crippen LogP contribution in [0.25, 0.3) is 0 Å². The zero-order chi connectivity index (χ0) is 12.8. The minimum Gasteiger partial charge on any atom is -0.324 e. The number of rotatable bonds is 2. The Balaban J connectivity index is 3.16. The van der Waals surface area contributed by atoms with Crippen LogP contribution in [-0.2, 0) is 9.13 Å². The lowest BCUT2D eigenvalue weighted by Gasteiger charge is -2.32. The van der Waals surface area contributed by atoms with Crippen LogP contribution < -0.4 is 0 Å². The molecule has 0 spiro atoms. The lowest BCUT2D eigenvalue weighted by Crippen LogP contribution is -2.29. The second kappa shape index (κ2) is 3.64. The summed E-state index contributed by atoms with van der Waals surface area (Å²) in [4.78, 5) is 36.4. The van der Waals surface area contributed by atoms with Gasteiger partial charge in [-0.25, -0.2) is 0 Å². The van der Waals surface area contributed by atoms with Crippen molar-refractivity contribution >= 4 is 15.2 Å². The zero-order valence-corrected chi connectivity index (χ0v) is 10.6. The normalized spacial score (nSPS) is 35.4. The van der Waals surface area contributed by atoms with Crippen LogP contribution in [0.4, 0.5) is 0 Å². The van der Waals surface area contributed by atoms with E-state index in [2.05, 4.69) is 0 Å². The fourth-order valence-corrected chi connectivity index (χ4v) is 2.25. The molecule has 0 saturated carbocycles. The maximum Gasteiger partial charge on any atom is 0.338 e. The van der Waals surface area contributed by atoms with Crippen LogP contribution >= 0.6 is 15.2 Å². The summed E-state index contributed by atoms with van der Waals surface area (Å²) in [5.74, 6) is 0. The Kier molecular flexibility index (Phi) is 3.15. The van der Waals surface area contributed by atoms with Gasteiger partial charge in [-0.1, -0.05) is 24.3 Å². The molecule has 0 aromatic rings. The van der Waals surface area contributed by atoms with Crippen LogP contribution in [0.1, 0.15) is 13.8 Å². The summed E-state index contributed by atoms with van der Waals surface area (Å²) in [6.07, 6.45) is 4.58. The molecule has 1 aliphatic rings. The van der Waals surface area contributed by atoms with Gasteiger partial charge in [0.05, 0.1) is 0 Å². The van der Waals surface area contributed by atoms with E-state index in [4.69, 9.17) is 19.6 Å². The van der Waals surface area contributed by atoms with Crippen LogP contribution in [0.15, 0.2) is 24.3 Å². The third-order valence-electron chi connectivity index (χ3n) is 2.77. The maximum atomic E-state index is 11.2. The van der Waals surface area contributed by atoms with E-state index in [-0.39, 0.29) is 0 Å². The quantitative estimate of drug-likeness (QED) is 0.438. The molecule has 1 rings (SSSR count). The van der Waals surface area contributed by atoms with Crippen molar-refractivity contribution in [2.45, 2.75) is 24.2 Å². The predicted molar refractivity (Wildman–Crippen MR) is 59.2 cm³/mol. The van der Waals surface area contributed by atoms with Gasteiger partial charge in [0.1, 0.15) is 10.3 Å². The third kappa shape index (κ3) is 2.23. The molecular weight excluding hydrogens is 254 g/mol. The van der Waals surface area contributed by atoms with Gasteiger partial charge in [-0.3, -0.25) is 9.13 Å². The first kappa shape index (κ1) is 13.8. The van der Waals surface area contributed by atoms with E-state index >= 15 is 0 Å². The van der Waals surface area contributed by atoms with Crippen molar-refractivity contribution in [3.8, 4) is 0 Å². The topological polar surface area (TPSA) is 115 Å². The molecule has 0 radical (unpaired) electrons. The van der Waals surface area contributed by atoms with Crippen molar-refractivity contribution in [3.05, 3.63) is 24.3 Å². The molecule has 92 valence electrons. The molecule has 0 atom stereocenters. The summed E-state index contributed by atoms with van der Waals surface area (Å²) < 4.78 is 22.3. The molecule has 0 bridgehead atoms. The predicted octanol–water partition coefficient (Wildman–Crippen LogP) is 0.985. The molecule has 4 N–H and O–H groups in total. The second-order valence-electron chi connectivity index (χ2n) is 4.21. The molecule has 0 saturated heterocycles. The van der Waals surface area contributed by atoms with E-state index in [1.165, 1.54) is 13.8 Å². The first-order valence-electron chi connectivity index (χ1n) is 4.43. The van der Waals surface area contributed by atoms with Gasteiger partial charge in [-0.15, -0.1) is 0 Å². The van der Waals surface area contributed by atoms with Gasteiger partial charge in [0.25, 0.3) is 0 Å². The average molecular weight is 268 g/mol. The molecule has 0 heterocycles. The van der Waals surface area contributed by atoms with Crippen LogP contribution in [-0.4, -0.2) is 29.9 Å². The van der Waals surface area contributed by atoms with Crippen LogP contribution in [0.5, 0.6) is 0 Å². The minimum atomic E-state index is -4.39. The molecule has 0 amide bonds. The fraction of sp³-hybridized carbons (Fsp3) is 0.500. The van der Waals surface area contributed by atoms with Crippen molar-refractivity contribution in [1.29, 1.82) is 0 Å². The molecule has 16 heavy (non-hydrogen) atoms. The Morgan fingerprint density at radius 2 is 0.938 bits per heavy atom. The van der Waals surface area contributed by atoms with Crippen molar-refractivity contribution in [2.24, 2.45) is 0 Å².